The minimum atomic E-state index is -1.14. The zero-order chi connectivity index (χ0) is 16.4. The van der Waals surface area contributed by atoms with Crippen molar-refractivity contribution in [3.63, 3.8) is 0 Å². The lowest BCUT2D eigenvalue weighted by molar-refractivity contribution is -0.147. The molecule has 0 saturated carbocycles. The Labute approximate surface area is 131 Å². The van der Waals surface area contributed by atoms with Crippen molar-refractivity contribution >= 4 is 11.9 Å². The van der Waals surface area contributed by atoms with Gasteiger partial charge < -0.3 is 19.2 Å². The summed E-state index contributed by atoms with van der Waals surface area (Å²) < 4.78 is 24.3. The molecule has 23 heavy (non-hydrogen) atoms. The fourth-order valence-corrected chi connectivity index (χ4v) is 2.45. The monoisotopic (exact) mass is 319 g/mol. The molecule has 1 aliphatic heterocycles. The summed E-state index contributed by atoms with van der Waals surface area (Å²) in [5.74, 6) is -1.97. The molecule has 1 aromatic carbocycles. The third-order valence-electron chi connectivity index (χ3n) is 3.63. The number of carboxylic acids is 1. The van der Waals surface area contributed by atoms with Crippen molar-refractivity contribution < 1.29 is 28.2 Å². The molecule has 0 aliphatic carbocycles. The number of aliphatic carboxylic acids is 1. The number of benzene rings is 1. The first-order chi connectivity index (χ1) is 11.1. The van der Waals surface area contributed by atoms with Crippen molar-refractivity contribution in [2.75, 3.05) is 19.8 Å². The van der Waals surface area contributed by atoms with E-state index in [9.17, 15) is 14.0 Å². The van der Waals surface area contributed by atoms with Crippen LogP contribution in [0.3, 0.4) is 0 Å². The smallest absolute Gasteiger partial charge is 0.328 e. The van der Waals surface area contributed by atoms with Gasteiger partial charge in [-0.1, -0.05) is 12.1 Å². The Bertz CT molecular complexity index is 742. The van der Waals surface area contributed by atoms with E-state index in [4.69, 9.17) is 14.3 Å². The zero-order valence-corrected chi connectivity index (χ0v) is 12.1. The maximum Gasteiger partial charge on any atom is 0.328 e. The van der Waals surface area contributed by atoms with E-state index in [2.05, 4.69) is 0 Å². The molecule has 7 heteroatoms. The minimum absolute atomic E-state index is 0.0311. The van der Waals surface area contributed by atoms with E-state index in [1.165, 1.54) is 29.2 Å². The summed E-state index contributed by atoms with van der Waals surface area (Å²) in [7, 11) is 0. The Balaban J connectivity index is 1.86. The summed E-state index contributed by atoms with van der Waals surface area (Å²) >= 11 is 0. The second-order valence-corrected chi connectivity index (χ2v) is 5.07. The van der Waals surface area contributed by atoms with Crippen molar-refractivity contribution in [1.82, 2.24) is 4.90 Å². The van der Waals surface area contributed by atoms with E-state index < -0.39 is 23.7 Å². The summed E-state index contributed by atoms with van der Waals surface area (Å²) in [5.41, 5.74) is 0.239. The summed E-state index contributed by atoms with van der Waals surface area (Å²) in [6, 6.07) is 7.89. The lowest BCUT2D eigenvalue weighted by Crippen LogP contribution is -2.52. The van der Waals surface area contributed by atoms with Crippen LogP contribution >= 0.6 is 0 Å². The quantitative estimate of drug-likeness (QED) is 0.936. The fraction of sp³-hybridized carbons (Fsp3) is 0.250. The molecule has 1 aliphatic rings. The second kappa shape index (κ2) is 6.21. The largest absolute Gasteiger partial charge is 0.480 e. The lowest BCUT2D eigenvalue weighted by Gasteiger charge is -2.32. The zero-order valence-electron chi connectivity index (χ0n) is 12.1. The Morgan fingerprint density at radius 1 is 1.22 bits per heavy atom. The Morgan fingerprint density at radius 3 is 2.74 bits per heavy atom. The number of furan rings is 1. The van der Waals surface area contributed by atoms with Gasteiger partial charge in [0.1, 0.15) is 11.6 Å². The predicted molar refractivity (Wildman–Crippen MR) is 77.4 cm³/mol. The van der Waals surface area contributed by atoms with Crippen LogP contribution in [0.2, 0.25) is 0 Å². The average molecular weight is 319 g/mol. The molecule has 0 bridgehead atoms. The van der Waals surface area contributed by atoms with Gasteiger partial charge in [0, 0.05) is 6.54 Å². The summed E-state index contributed by atoms with van der Waals surface area (Å²) in [4.78, 5) is 24.9. The number of carbonyl (C=O) groups excluding carboxylic acids is 1. The maximum absolute atomic E-state index is 13.8. The molecule has 1 saturated heterocycles. The van der Waals surface area contributed by atoms with E-state index >= 15 is 0 Å². The normalized spacial score (nSPS) is 18.0. The van der Waals surface area contributed by atoms with E-state index in [-0.39, 0.29) is 36.8 Å². The first kappa shape index (κ1) is 15.2. The van der Waals surface area contributed by atoms with Crippen LogP contribution in [0, 0.1) is 5.82 Å². The third-order valence-corrected chi connectivity index (χ3v) is 3.63. The first-order valence-corrected chi connectivity index (χ1v) is 7.04. The van der Waals surface area contributed by atoms with Gasteiger partial charge in [0.2, 0.25) is 0 Å². The molecule has 2 aromatic rings. The number of ether oxygens (including phenoxy) is 1. The molecule has 2 heterocycles. The number of halogens is 1. The van der Waals surface area contributed by atoms with Crippen LogP contribution in [0.4, 0.5) is 4.39 Å². The van der Waals surface area contributed by atoms with Crippen LogP contribution in [0.1, 0.15) is 10.6 Å². The molecule has 1 N–H and O–H groups in total. The van der Waals surface area contributed by atoms with Gasteiger partial charge >= 0.3 is 5.97 Å². The van der Waals surface area contributed by atoms with Crippen LogP contribution < -0.4 is 0 Å². The summed E-state index contributed by atoms with van der Waals surface area (Å²) in [5, 5.41) is 9.17. The van der Waals surface area contributed by atoms with Gasteiger partial charge in [-0.15, -0.1) is 0 Å². The molecule has 120 valence electrons. The van der Waals surface area contributed by atoms with Crippen LogP contribution in [0.25, 0.3) is 11.3 Å². The number of carbonyl (C=O) groups is 2. The molecule has 1 aromatic heterocycles. The van der Waals surface area contributed by atoms with Crippen molar-refractivity contribution in [2.24, 2.45) is 0 Å². The molecular formula is C16H14FNO5. The molecule has 0 unspecified atom stereocenters. The number of hydrogen-bond acceptors (Lipinski definition) is 4. The highest BCUT2D eigenvalue weighted by molar-refractivity contribution is 5.95. The number of hydrogen-bond donors (Lipinski definition) is 1. The highest BCUT2D eigenvalue weighted by atomic mass is 19.1. The van der Waals surface area contributed by atoms with E-state index in [1.807, 2.05) is 0 Å². The second-order valence-electron chi connectivity index (χ2n) is 5.07. The van der Waals surface area contributed by atoms with Gasteiger partial charge in [0.15, 0.2) is 11.8 Å². The van der Waals surface area contributed by atoms with E-state index in [0.29, 0.717) is 0 Å². The van der Waals surface area contributed by atoms with Gasteiger partial charge in [-0.2, -0.15) is 0 Å². The molecular weight excluding hydrogens is 305 g/mol. The average Bonchev–Trinajstić information content (AvgIpc) is 3.04. The molecule has 1 atom stereocenters. The topological polar surface area (TPSA) is 80.0 Å². The molecule has 1 amide bonds. The molecule has 1 fully saturated rings. The van der Waals surface area contributed by atoms with Crippen LogP contribution in [0.15, 0.2) is 40.8 Å². The van der Waals surface area contributed by atoms with Crippen LogP contribution in [-0.2, 0) is 9.53 Å². The number of amides is 1. The van der Waals surface area contributed by atoms with Gasteiger partial charge in [0.05, 0.1) is 18.8 Å². The first-order valence-electron chi connectivity index (χ1n) is 7.04. The molecule has 0 spiro atoms. The maximum atomic E-state index is 13.8. The Morgan fingerprint density at radius 2 is 2.00 bits per heavy atom. The summed E-state index contributed by atoms with van der Waals surface area (Å²) in [6.07, 6.45) is 0. The van der Waals surface area contributed by atoms with Crippen molar-refractivity contribution in [3.8, 4) is 11.3 Å². The van der Waals surface area contributed by atoms with E-state index in [0.717, 1.165) is 0 Å². The standard InChI is InChI=1S/C16H14FNO5/c17-11-4-2-1-3-10(11)13-5-6-14(23-13)15(19)18-7-8-22-9-12(18)16(20)21/h1-6,12H,7-9H2,(H,20,21)/t12-/m0/s1. The van der Waals surface area contributed by atoms with Gasteiger partial charge in [-0.05, 0) is 24.3 Å². The van der Waals surface area contributed by atoms with Gasteiger partial charge in [-0.25, -0.2) is 9.18 Å². The minimum Gasteiger partial charge on any atom is -0.480 e. The number of nitrogens with zero attached hydrogens (tertiary/aromatic N) is 1. The Kier molecular flexibility index (Phi) is 4.12. The van der Waals surface area contributed by atoms with Crippen molar-refractivity contribution in [3.05, 3.63) is 48.0 Å². The highest BCUT2D eigenvalue weighted by Crippen LogP contribution is 2.26. The Hall–Kier alpha value is -2.67. The predicted octanol–water partition coefficient (Wildman–Crippen LogP) is 2.01. The van der Waals surface area contributed by atoms with Crippen LogP contribution in [-0.4, -0.2) is 47.7 Å². The van der Waals surface area contributed by atoms with Crippen molar-refractivity contribution in [2.45, 2.75) is 6.04 Å². The van der Waals surface area contributed by atoms with Gasteiger partial charge in [-0.3, -0.25) is 4.79 Å². The van der Waals surface area contributed by atoms with E-state index in [1.54, 1.807) is 12.1 Å². The molecule has 3 rings (SSSR count). The molecule has 0 radical (unpaired) electrons. The van der Waals surface area contributed by atoms with Crippen molar-refractivity contribution in [1.29, 1.82) is 0 Å². The number of morpholine rings is 1. The third kappa shape index (κ3) is 2.95. The number of carboxylic acid groups (broad SMARTS) is 1. The summed E-state index contributed by atoms with van der Waals surface area (Å²) in [6.45, 7) is 0.351. The highest BCUT2D eigenvalue weighted by Gasteiger charge is 2.34. The lowest BCUT2D eigenvalue weighted by atomic mass is 10.1. The fourth-order valence-electron chi connectivity index (χ4n) is 2.45. The SMILES string of the molecule is O=C(O)[C@@H]1COCCN1C(=O)c1ccc(-c2ccccc2F)o1. The van der Waals surface area contributed by atoms with Gasteiger partial charge in [0.25, 0.3) is 5.91 Å². The molecule has 6 nitrogen and oxygen atoms in total. The van der Waals surface area contributed by atoms with Crippen LogP contribution in [0.5, 0.6) is 0 Å². The number of rotatable bonds is 3.